The number of anilines is 1. The Morgan fingerprint density at radius 3 is 3.05 bits per heavy atom. The van der Waals surface area contributed by atoms with Crippen molar-refractivity contribution in [2.45, 2.75) is 31.7 Å². The van der Waals surface area contributed by atoms with E-state index in [1.54, 1.807) is 11.3 Å². The van der Waals surface area contributed by atoms with Crippen LogP contribution in [-0.2, 0) is 19.3 Å². The average Bonchev–Trinajstić information content (AvgIpc) is 2.91. The SMILES string of the molecule is Nc1ccc2c(c1)CC(NCCc1ccsc1)CC2. The third-order valence-corrected chi connectivity index (χ3v) is 4.62. The molecule has 1 unspecified atom stereocenters. The molecule has 0 saturated carbocycles. The lowest BCUT2D eigenvalue weighted by atomic mass is 9.88. The lowest BCUT2D eigenvalue weighted by Gasteiger charge is -2.26. The summed E-state index contributed by atoms with van der Waals surface area (Å²) in [6, 6.07) is 9.16. The minimum absolute atomic E-state index is 0.605. The molecular weight excluding hydrogens is 252 g/mol. The van der Waals surface area contributed by atoms with Gasteiger partial charge in [0.05, 0.1) is 0 Å². The van der Waals surface area contributed by atoms with Crippen LogP contribution >= 0.6 is 11.3 Å². The predicted octanol–water partition coefficient (Wildman–Crippen LogP) is 3.02. The average molecular weight is 272 g/mol. The number of aryl methyl sites for hydroxylation is 1. The first-order chi connectivity index (χ1) is 9.31. The molecule has 19 heavy (non-hydrogen) atoms. The number of rotatable bonds is 4. The van der Waals surface area contributed by atoms with Gasteiger partial charge in [0.25, 0.3) is 0 Å². The van der Waals surface area contributed by atoms with Gasteiger partial charge in [0.15, 0.2) is 0 Å². The molecule has 1 aromatic carbocycles. The molecule has 0 bridgehead atoms. The van der Waals surface area contributed by atoms with Crippen LogP contribution in [0, 0.1) is 0 Å². The van der Waals surface area contributed by atoms with Crippen LogP contribution < -0.4 is 11.1 Å². The highest BCUT2D eigenvalue weighted by Crippen LogP contribution is 2.23. The van der Waals surface area contributed by atoms with E-state index in [9.17, 15) is 0 Å². The maximum Gasteiger partial charge on any atom is 0.0316 e. The molecule has 2 aromatic rings. The van der Waals surface area contributed by atoms with Gasteiger partial charge >= 0.3 is 0 Å². The Hall–Kier alpha value is -1.32. The Kier molecular flexibility index (Phi) is 3.85. The fourth-order valence-corrected chi connectivity index (χ4v) is 3.51. The molecule has 1 aromatic heterocycles. The van der Waals surface area contributed by atoms with E-state index in [1.807, 2.05) is 6.07 Å². The van der Waals surface area contributed by atoms with Crippen molar-refractivity contribution in [1.29, 1.82) is 0 Å². The van der Waals surface area contributed by atoms with Gasteiger partial charge in [-0.2, -0.15) is 11.3 Å². The molecule has 100 valence electrons. The zero-order valence-corrected chi connectivity index (χ0v) is 11.9. The van der Waals surface area contributed by atoms with Crippen molar-refractivity contribution >= 4 is 17.0 Å². The molecule has 0 aliphatic heterocycles. The molecule has 1 aliphatic rings. The number of nitrogens with one attached hydrogen (secondary N) is 1. The van der Waals surface area contributed by atoms with Crippen molar-refractivity contribution in [3.8, 4) is 0 Å². The van der Waals surface area contributed by atoms with E-state index in [1.165, 1.54) is 29.5 Å². The van der Waals surface area contributed by atoms with Crippen molar-refractivity contribution < 1.29 is 0 Å². The second kappa shape index (κ2) is 5.76. The maximum absolute atomic E-state index is 5.87. The summed E-state index contributed by atoms with van der Waals surface area (Å²) in [6.07, 6.45) is 4.65. The molecule has 0 spiro atoms. The van der Waals surface area contributed by atoms with Crippen LogP contribution in [0.5, 0.6) is 0 Å². The summed E-state index contributed by atoms with van der Waals surface area (Å²) < 4.78 is 0. The summed E-state index contributed by atoms with van der Waals surface area (Å²) in [4.78, 5) is 0. The molecule has 0 fully saturated rings. The van der Waals surface area contributed by atoms with Crippen LogP contribution in [0.1, 0.15) is 23.1 Å². The topological polar surface area (TPSA) is 38.0 Å². The minimum Gasteiger partial charge on any atom is -0.399 e. The lowest BCUT2D eigenvalue weighted by Crippen LogP contribution is -2.35. The Bertz CT molecular complexity index is 534. The fourth-order valence-electron chi connectivity index (χ4n) is 2.81. The highest BCUT2D eigenvalue weighted by molar-refractivity contribution is 7.07. The van der Waals surface area contributed by atoms with Crippen LogP contribution in [-0.4, -0.2) is 12.6 Å². The van der Waals surface area contributed by atoms with Gasteiger partial charge in [-0.05, 0) is 77.9 Å². The van der Waals surface area contributed by atoms with Crippen molar-refractivity contribution in [3.63, 3.8) is 0 Å². The van der Waals surface area contributed by atoms with Crippen molar-refractivity contribution in [2.75, 3.05) is 12.3 Å². The van der Waals surface area contributed by atoms with Crippen molar-refractivity contribution in [1.82, 2.24) is 5.32 Å². The molecule has 0 saturated heterocycles. The normalized spacial score (nSPS) is 18.2. The first-order valence-electron chi connectivity index (χ1n) is 6.93. The molecule has 3 N–H and O–H groups in total. The van der Waals surface area contributed by atoms with Gasteiger partial charge in [-0.25, -0.2) is 0 Å². The third-order valence-electron chi connectivity index (χ3n) is 3.89. The highest BCUT2D eigenvalue weighted by Gasteiger charge is 2.17. The quantitative estimate of drug-likeness (QED) is 0.840. The van der Waals surface area contributed by atoms with Gasteiger partial charge in [0.2, 0.25) is 0 Å². The van der Waals surface area contributed by atoms with E-state index in [0.717, 1.165) is 25.1 Å². The van der Waals surface area contributed by atoms with Crippen LogP contribution in [0.25, 0.3) is 0 Å². The standard InChI is InChI=1S/C16H20N2S/c17-15-3-1-13-2-4-16(10-14(13)9-15)18-7-5-12-6-8-19-11-12/h1,3,6,8-9,11,16,18H,2,4-5,7,10,17H2. The minimum atomic E-state index is 0.605. The van der Waals surface area contributed by atoms with E-state index in [2.05, 4.69) is 34.3 Å². The van der Waals surface area contributed by atoms with E-state index in [0.29, 0.717) is 6.04 Å². The second-order valence-corrected chi connectivity index (χ2v) is 6.08. The lowest BCUT2D eigenvalue weighted by molar-refractivity contribution is 0.462. The zero-order chi connectivity index (χ0) is 13.1. The van der Waals surface area contributed by atoms with Gasteiger partial charge in [-0.1, -0.05) is 6.07 Å². The second-order valence-electron chi connectivity index (χ2n) is 5.30. The van der Waals surface area contributed by atoms with E-state index >= 15 is 0 Å². The monoisotopic (exact) mass is 272 g/mol. The summed E-state index contributed by atoms with van der Waals surface area (Å²) in [7, 11) is 0. The largest absolute Gasteiger partial charge is 0.399 e. The number of hydrogen-bond acceptors (Lipinski definition) is 3. The fraction of sp³-hybridized carbons (Fsp3) is 0.375. The molecule has 1 heterocycles. The van der Waals surface area contributed by atoms with Crippen LogP contribution in [0.3, 0.4) is 0 Å². The van der Waals surface area contributed by atoms with Gasteiger partial charge in [-0.15, -0.1) is 0 Å². The summed E-state index contributed by atoms with van der Waals surface area (Å²) in [5.74, 6) is 0. The highest BCUT2D eigenvalue weighted by atomic mass is 32.1. The molecule has 0 amide bonds. The maximum atomic E-state index is 5.87. The first kappa shape index (κ1) is 12.7. The Morgan fingerprint density at radius 2 is 2.21 bits per heavy atom. The molecule has 0 radical (unpaired) electrons. The van der Waals surface area contributed by atoms with Crippen LogP contribution in [0.2, 0.25) is 0 Å². The smallest absolute Gasteiger partial charge is 0.0316 e. The van der Waals surface area contributed by atoms with Crippen molar-refractivity contribution in [2.24, 2.45) is 0 Å². The summed E-state index contributed by atoms with van der Waals surface area (Å²) in [5.41, 5.74) is 11.1. The molecular formula is C16H20N2S. The van der Waals surface area contributed by atoms with E-state index in [4.69, 9.17) is 5.73 Å². The van der Waals surface area contributed by atoms with Crippen LogP contribution in [0.4, 0.5) is 5.69 Å². The Balaban J connectivity index is 1.54. The number of fused-ring (bicyclic) bond motifs is 1. The van der Waals surface area contributed by atoms with Gasteiger partial charge in [0, 0.05) is 11.7 Å². The molecule has 1 aliphatic carbocycles. The van der Waals surface area contributed by atoms with E-state index < -0.39 is 0 Å². The number of thiophene rings is 1. The number of nitrogen functional groups attached to an aromatic ring is 1. The van der Waals surface area contributed by atoms with Crippen LogP contribution in [0.15, 0.2) is 35.0 Å². The Morgan fingerprint density at radius 1 is 1.26 bits per heavy atom. The van der Waals surface area contributed by atoms with Gasteiger partial charge in [-0.3, -0.25) is 0 Å². The molecule has 2 nitrogen and oxygen atoms in total. The van der Waals surface area contributed by atoms with E-state index in [-0.39, 0.29) is 0 Å². The predicted molar refractivity (Wildman–Crippen MR) is 82.7 cm³/mol. The molecule has 3 heteroatoms. The first-order valence-corrected chi connectivity index (χ1v) is 7.87. The number of hydrogen-bond donors (Lipinski definition) is 2. The zero-order valence-electron chi connectivity index (χ0n) is 11.1. The third kappa shape index (κ3) is 3.17. The van der Waals surface area contributed by atoms with Gasteiger partial charge < -0.3 is 11.1 Å². The molecule has 1 atom stereocenters. The number of benzene rings is 1. The molecule has 3 rings (SSSR count). The summed E-state index contributed by atoms with van der Waals surface area (Å²) >= 11 is 1.78. The summed E-state index contributed by atoms with van der Waals surface area (Å²) in [5, 5.41) is 8.07. The van der Waals surface area contributed by atoms with Gasteiger partial charge in [0.1, 0.15) is 0 Å². The number of nitrogens with two attached hydrogens (primary N) is 1. The van der Waals surface area contributed by atoms with Crippen molar-refractivity contribution in [3.05, 3.63) is 51.7 Å². The summed E-state index contributed by atoms with van der Waals surface area (Å²) in [6.45, 7) is 1.07. The Labute approximate surface area is 118 Å².